The molecule has 0 amide bonds. The lowest BCUT2D eigenvalue weighted by atomic mass is 10.0. The van der Waals surface area contributed by atoms with E-state index in [9.17, 15) is 0 Å². The lowest BCUT2D eigenvalue weighted by Gasteiger charge is -2.37. The molecule has 0 saturated carbocycles. The molecule has 1 aliphatic rings. The van der Waals surface area contributed by atoms with Gasteiger partial charge in [-0.15, -0.1) is 0 Å². The highest BCUT2D eigenvalue weighted by molar-refractivity contribution is 5.38. The summed E-state index contributed by atoms with van der Waals surface area (Å²) in [4.78, 5) is 9.21. The minimum Gasteiger partial charge on any atom is -0.354 e. The van der Waals surface area contributed by atoms with E-state index in [0.29, 0.717) is 5.92 Å². The molecule has 1 fully saturated rings. The van der Waals surface area contributed by atoms with E-state index in [1.165, 1.54) is 0 Å². The summed E-state index contributed by atoms with van der Waals surface area (Å²) in [7, 11) is 0. The van der Waals surface area contributed by atoms with Crippen molar-refractivity contribution in [3.8, 4) is 0 Å². The Hall–Kier alpha value is -1.13. The van der Waals surface area contributed by atoms with Crippen LogP contribution < -0.4 is 10.6 Å². The van der Waals surface area contributed by atoms with Crippen molar-refractivity contribution in [2.75, 3.05) is 37.6 Å². The quantitative estimate of drug-likeness (QED) is 0.869. The SMILES string of the molecule is CC(C)[C@H](N)CN1CCN(c2ccccn2)CC1. The number of pyridine rings is 1. The minimum absolute atomic E-state index is 0.284. The van der Waals surface area contributed by atoms with Crippen LogP contribution in [-0.4, -0.2) is 48.6 Å². The smallest absolute Gasteiger partial charge is 0.128 e. The molecule has 2 heterocycles. The molecule has 4 nitrogen and oxygen atoms in total. The van der Waals surface area contributed by atoms with Crippen LogP contribution in [0.25, 0.3) is 0 Å². The number of rotatable bonds is 4. The van der Waals surface area contributed by atoms with Crippen molar-refractivity contribution in [2.45, 2.75) is 19.9 Å². The molecule has 1 saturated heterocycles. The second-order valence-corrected chi connectivity index (χ2v) is 5.38. The molecule has 0 bridgehead atoms. The van der Waals surface area contributed by atoms with Crippen LogP contribution in [0, 0.1) is 5.92 Å². The Morgan fingerprint density at radius 2 is 1.94 bits per heavy atom. The van der Waals surface area contributed by atoms with Crippen LogP contribution in [0.2, 0.25) is 0 Å². The van der Waals surface area contributed by atoms with Crippen LogP contribution in [0.15, 0.2) is 24.4 Å². The van der Waals surface area contributed by atoms with Crippen LogP contribution in [0.5, 0.6) is 0 Å². The Morgan fingerprint density at radius 3 is 2.50 bits per heavy atom. The first-order valence-corrected chi connectivity index (χ1v) is 6.80. The highest BCUT2D eigenvalue weighted by atomic mass is 15.3. The number of piperazine rings is 1. The Morgan fingerprint density at radius 1 is 1.22 bits per heavy atom. The molecular weight excluding hydrogens is 224 g/mol. The van der Waals surface area contributed by atoms with E-state index in [2.05, 4.69) is 34.7 Å². The van der Waals surface area contributed by atoms with E-state index < -0.39 is 0 Å². The molecular formula is C14H24N4. The van der Waals surface area contributed by atoms with Crippen LogP contribution in [0.4, 0.5) is 5.82 Å². The summed E-state index contributed by atoms with van der Waals surface area (Å²) in [6, 6.07) is 6.37. The van der Waals surface area contributed by atoms with Crippen molar-refractivity contribution in [1.29, 1.82) is 0 Å². The lowest BCUT2D eigenvalue weighted by molar-refractivity contribution is 0.225. The Kier molecular flexibility index (Phi) is 4.55. The maximum Gasteiger partial charge on any atom is 0.128 e. The first kappa shape index (κ1) is 13.3. The molecule has 1 aromatic heterocycles. The van der Waals surface area contributed by atoms with Crippen LogP contribution in [0.1, 0.15) is 13.8 Å². The van der Waals surface area contributed by atoms with Crippen LogP contribution in [0.3, 0.4) is 0 Å². The molecule has 18 heavy (non-hydrogen) atoms. The fourth-order valence-corrected chi connectivity index (χ4v) is 2.21. The average molecular weight is 248 g/mol. The van der Waals surface area contributed by atoms with Gasteiger partial charge in [-0.1, -0.05) is 19.9 Å². The summed E-state index contributed by atoms with van der Waals surface area (Å²) < 4.78 is 0. The van der Waals surface area contributed by atoms with Crippen molar-refractivity contribution >= 4 is 5.82 Å². The molecule has 100 valence electrons. The Balaban J connectivity index is 1.81. The minimum atomic E-state index is 0.284. The second kappa shape index (κ2) is 6.16. The van der Waals surface area contributed by atoms with Gasteiger partial charge in [0.25, 0.3) is 0 Å². The zero-order valence-corrected chi connectivity index (χ0v) is 11.4. The summed E-state index contributed by atoms with van der Waals surface area (Å²) >= 11 is 0. The zero-order valence-electron chi connectivity index (χ0n) is 11.4. The van der Waals surface area contributed by atoms with Crippen molar-refractivity contribution in [2.24, 2.45) is 11.7 Å². The first-order valence-electron chi connectivity index (χ1n) is 6.80. The fourth-order valence-electron chi connectivity index (χ4n) is 2.21. The highest BCUT2D eigenvalue weighted by Gasteiger charge is 2.20. The Bertz CT molecular complexity index is 344. The van der Waals surface area contributed by atoms with Gasteiger partial charge in [0.1, 0.15) is 5.82 Å². The van der Waals surface area contributed by atoms with Gasteiger partial charge in [0, 0.05) is 45.0 Å². The van der Waals surface area contributed by atoms with Gasteiger partial charge in [0.15, 0.2) is 0 Å². The van der Waals surface area contributed by atoms with E-state index in [1.807, 2.05) is 18.3 Å². The van der Waals surface area contributed by atoms with E-state index in [4.69, 9.17) is 5.73 Å². The van der Waals surface area contributed by atoms with Crippen molar-refractivity contribution in [1.82, 2.24) is 9.88 Å². The maximum atomic E-state index is 6.13. The zero-order chi connectivity index (χ0) is 13.0. The highest BCUT2D eigenvalue weighted by Crippen LogP contribution is 2.13. The first-order chi connectivity index (χ1) is 8.66. The van der Waals surface area contributed by atoms with Crippen molar-refractivity contribution < 1.29 is 0 Å². The Labute approximate surface area is 110 Å². The van der Waals surface area contributed by atoms with Crippen molar-refractivity contribution in [3.63, 3.8) is 0 Å². The predicted octanol–water partition coefficient (Wildman–Crippen LogP) is 1.19. The topological polar surface area (TPSA) is 45.4 Å². The number of nitrogens with two attached hydrogens (primary N) is 1. The van der Waals surface area contributed by atoms with E-state index in [1.54, 1.807) is 0 Å². The van der Waals surface area contributed by atoms with Gasteiger partial charge < -0.3 is 10.6 Å². The normalized spacial score (nSPS) is 19.2. The molecule has 1 aromatic rings. The van der Waals surface area contributed by atoms with Crippen LogP contribution >= 0.6 is 0 Å². The predicted molar refractivity (Wildman–Crippen MR) is 75.7 cm³/mol. The number of anilines is 1. The van der Waals surface area contributed by atoms with Crippen molar-refractivity contribution in [3.05, 3.63) is 24.4 Å². The third-order valence-corrected chi connectivity index (χ3v) is 3.67. The second-order valence-electron chi connectivity index (χ2n) is 5.38. The van der Waals surface area contributed by atoms with Gasteiger partial charge in [-0.05, 0) is 18.1 Å². The third kappa shape index (κ3) is 3.43. The largest absolute Gasteiger partial charge is 0.354 e. The van der Waals surface area contributed by atoms with Gasteiger partial charge in [-0.3, -0.25) is 4.90 Å². The molecule has 0 radical (unpaired) electrons. The molecule has 2 rings (SSSR count). The standard InChI is InChI=1S/C14H24N4/c1-12(2)13(15)11-17-7-9-18(10-8-17)14-5-3-4-6-16-14/h3-6,12-13H,7-11,15H2,1-2H3/t13-/m1/s1. The van der Waals surface area contributed by atoms with Crippen LogP contribution in [-0.2, 0) is 0 Å². The number of aromatic nitrogens is 1. The summed E-state index contributed by atoms with van der Waals surface area (Å²) in [6.07, 6.45) is 1.86. The molecule has 2 N–H and O–H groups in total. The maximum absolute atomic E-state index is 6.13. The number of hydrogen-bond donors (Lipinski definition) is 1. The number of hydrogen-bond acceptors (Lipinski definition) is 4. The molecule has 0 aliphatic carbocycles. The summed E-state index contributed by atoms with van der Waals surface area (Å²) in [6.45, 7) is 9.63. The summed E-state index contributed by atoms with van der Waals surface area (Å²) in [5, 5.41) is 0. The molecule has 0 unspecified atom stereocenters. The molecule has 0 spiro atoms. The van der Waals surface area contributed by atoms with Gasteiger partial charge in [0.2, 0.25) is 0 Å². The van der Waals surface area contributed by atoms with E-state index in [0.717, 1.165) is 38.5 Å². The number of nitrogens with zero attached hydrogens (tertiary/aromatic N) is 3. The third-order valence-electron chi connectivity index (χ3n) is 3.67. The van der Waals surface area contributed by atoms with E-state index in [-0.39, 0.29) is 6.04 Å². The summed E-state index contributed by atoms with van der Waals surface area (Å²) in [5.74, 6) is 1.64. The van der Waals surface area contributed by atoms with Gasteiger partial charge >= 0.3 is 0 Å². The molecule has 1 atom stereocenters. The summed E-state index contributed by atoms with van der Waals surface area (Å²) in [5.41, 5.74) is 6.13. The fraction of sp³-hybridized carbons (Fsp3) is 0.643. The van der Waals surface area contributed by atoms with Gasteiger partial charge in [-0.2, -0.15) is 0 Å². The lowest BCUT2D eigenvalue weighted by Crippen LogP contribution is -2.51. The monoisotopic (exact) mass is 248 g/mol. The molecule has 4 heteroatoms. The molecule has 1 aliphatic heterocycles. The van der Waals surface area contributed by atoms with Gasteiger partial charge in [0.05, 0.1) is 0 Å². The van der Waals surface area contributed by atoms with E-state index >= 15 is 0 Å². The van der Waals surface area contributed by atoms with Gasteiger partial charge in [-0.25, -0.2) is 4.98 Å². The molecule has 0 aromatic carbocycles. The average Bonchev–Trinajstić information content (AvgIpc) is 2.40.